The fourth-order valence-electron chi connectivity index (χ4n) is 2.96. The Morgan fingerprint density at radius 3 is 3.00 bits per heavy atom. The van der Waals surface area contributed by atoms with E-state index in [0.29, 0.717) is 5.92 Å². The van der Waals surface area contributed by atoms with Crippen molar-refractivity contribution in [3.8, 4) is 0 Å². The lowest BCUT2D eigenvalue weighted by atomic mass is 9.88. The lowest BCUT2D eigenvalue weighted by molar-refractivity contribution is 0.277. The molecule has 0 unspecified atom stereocenters. The number of aliphatic hydroxyl groups excluding tert-OH is 1. The lowest BCUT2D eigenvalue weighted by Crippen LogP contribution is -2.34. The number of rotatable bonds is 3. The van der Waals surface area contributed by atoms with E-state index in [-0.39, 0.29) is 6.61 Å². The second-order valence-corrected chi connectivity index (χ2v) is 6.26. The molecule has 1 N–H and O–H groups in total. The van der Waals surface area contributed by atoms with Crippen molar-refractivity contribution in [3.63, 3.8) is 0 Å². The minimum atomic E-state index is 0.0333. The van der Waals surface area contributed by atoms with Crippen LogP contribution in [0.25, 0.3) is 0 Å². The Morgan fingerprint density at radius 2 is 2.25 bits per heavy atom. The number of benzene rings is 1. The van der Waals surface area contributed by atoms with Gasteiger partial charge >= 0.3 is 0 Å². The highest BCUT2D eigenvalue weighted by Gasteiger charge is 2.24. The number of aryl methyl sites for hydroxylation is 1. The highest BCUT2D eigenvalue weighted by Crippen LogP contribution is 2.32. The molecule has 1 saturated heterocycles. The molecule has 0 aliphatic carbocycles. The third-order valence-corrected chi connectivity index (χ3v) is 4.97. The van der Waals surface area contributed by atoms with Crippen molar-refractivity contribution in [1.82, 2.24) is 4.98 Å². The molecular weight excluding hydrogens is 268 g/mol. The van der Waals surface area contributed by atoms with Gasteiger partial charge in [0.1, 0.15) is 0 Å². The van der Waals surface area contributed by atoms with Gasteiger partial charge in [-0.2, -0.15) is 0 Å². The third kappa shape index (κ3) is 2.72. The second kappa shape index (κ2) is 5.94. The van der Waals surface area contributed by atoms with E-state index >= 15 is 0 Å². The van der Waals surface area contributed by atoms with Gasteiger partial charge in [0.2, 0.25) is 0 Å². The lowest BCUT2D eigenvalue weighted by Gasteiger charge is -2.33. The number of piperidine rings is 1. The third-order valence-electron chi connectivity index (χ3n) is 4.02. The Morgan fingerprint density at radius 1 is 1.40 bits per heavy atom. The number of anilines is 1. The Kier molecular flexibility index (Phi) is 4.03. The van der Waals surface area contributed by atoms with Gasteiger partial charge in [0.25, 0.3) is 0 Å². The number of aliphatic hydroxyl groups is 1. The van der Waals surface area contributed by atoms with Crippen LogP contribution in [-0.4, -0.2) is 23.2 Å². The van der Waals surface area contributed by atoms with Crippen LogP contribution in [0.15, 0.2) is 29.6 Å². The second-order valence-electron chi connectivity index (χ2n) is 5.42. The highest BCUT2D eigenvalue weighted by atomic mass is 32.1. The smallest absolute Gasteiger partial charge is 0.185 e. The van der Waals surface area contributed by atoms with Gasteiger partial charge in [-0.3, -0.25) is 0 Å². The standard InChI is InChI=1S/C16H20N2OS/c1-12-5-2-3-7-15(12)13-6-4-8-18(9-13)16-17-14(10-19)11-20-16/h2-3,5,7,11,13,19H,4,6,8-10H2,1H3/t13-/m0/s1. The van der Waals surface area contributed by atoms with Crippen molar-refractivity contribution in [2.24, 2.45) is 0 Å². The molecule has 106 valence electrons. The van der Waals surface area contributed by atoms with Crippen molar-refractivity contribution in [1.29, 1.82) is 0 Å². The predicted octanol–water partition coefficient (Wildman–Crippen LogP) is 3.33. The molecule has 3 nitrogen and oxygen atoms in total. The first-order valence-corrected chi connectivity index (χ1v) is 8.01. The minimum absolute atomic E-state index is 0.0333. The first-order valence-electron chi connectivity index (χ1n) is 7.13. The zero-order valence-electron chi connectivity index (χ0n) is 11.7. The van der Waals surface area contributed by atoms with Crippen molar-refractivity contribution in [2.45, 2.75) is 32.3 Å². The summed E-state index contributed by atoms with van der Waals surface area (Å²) in [6, 6.07) is 8.69. The van der Waals surface area contributed by atoms with E-state index in [4.69, 9.17) is 5.11 Å². The maximum atomic E-state index is 9.14. The van der Waals surface area contributed by atoms with Crippen LogP contribution in [0.2, 0.25) is 0 Å². The van der Waals surface area contributed by atoms with Crippen LogP contribution in [-0.2, 0) is 6.61 Å². The van der Waals surface area contributed by atoms with Gasteiger partial charge in [0, 0.05) is 24.4 Å². The van der Waals surface area contributed by atoms with E-state index in [1.54, 1.807) is 11.3 Å². The van der Waals surface area contributed by atoms with E-state index in [1.807, 2.05) is 5.38 Å². The number of hydrogen-bond donors (Lipinski definition) is 1. The Hall–Kier alpha value is -1.39. The highest BCUT2D eigenvalue weighted by molar-refractivity contribution is 7.13. The fourth-order valence-corrected chi connectivity index (χ4v) is 3.82. The van der Waals surface area contributed by atoms with E-state index in [0.717, 1.165) is 23.9 Å². The molecule has 0 spiro atoms. The Labute approximate surface area is 123 Å². The summed E-state index contributed by atoms with van der Waals surface area (Å²) < 4.78 is 0. The van der Waals surface area contributed by atoms with E-state index < -0.39 is 0 Å². The SMILES string of the molecule is Cc1ccccc1[C@H]1CCCN(c2nc(CO)cs2)C1. The molecule has 1 aromatic carbocycles. The van der Waals surface area contributed by atoms with Crippen LogP contribution in [0.3, 0.4) is 0 Å². The molecule has 1 aliphatic heterocycles. The molecule has 3 rings (SSSR count). The molecule has 4 heteroatoms. The molecule has 0 saturated carbocycles. The van der Waals surface area contributed by atoms with Gasteiger partial charge in [0.15, 0.2) is 5.13 Å². The van der Waals surface area contributed by atoms with Crippen LogP contribution in [0.5, 0.6) is 0 Å². The van der Waals surface area contributed by atoms with Crippen LogP contribution in [0, 0.1) is 6.92 Å². The molecule has 2 aromatic rings. The van der Waals surface area contributed by atoms with E-state index in [2.05, 4.69) is 41.1 Å². The zero-order chi connectivity index (χ0) is 13.9. The number of hydrogen-bond acceptors (Lipinski definition) is 4. The molecule has 2 heterocycles. The summed E-state index contributed by atoms with van der Waals surface area (Å²) in [6.45, 7) is 4.33. The summed E-state index contributed by atoms with van der Waals surface area (Å²) in [6.07, 6.45) is 2.45. The molecule has 20 heavy (non-hydrogen) atoms. The summed E-state index contributed by atoms with van der Waals surface area (Å²) in [5.74, 6) is 0.589. The van der Waals surface area contributed by atoms with Gasteiger partial charge < -0.3 is 10.0 Å². The van der Waals surface area contributed by atoms with Crippen LogP contribution in [0.1, 0.15) is 35.6 Å². The minimum Gasteiger partial charge on any atom is -0.390 e. The van der Waals surface area contributed by atoms with Crippen molar-refractivity contribution >= 4 is 16.5 Å². The van der Waals surface area contributed by atoms with Crippen molar-refractivity contribution in [3.05, 3.63) is 46.5 Å². The summed E-state index contributed by atoms with van der Waals surface area (Å²) in [4.78, 5) is 6.86. The topological polar surface area (TPSA) is 36.4 Å². The van der Waals surface area contributed by atoms with Gasteiger partial charge in [-0.15, -0.1) is 11.3 Å². The van der Waals surface area contributed by atoms with E-state index in [9.17, 15) is 0 Å². The van der Waals surface area contributed by atoms with Crippen LogP contribution >= 0.6 is 11.3 Å². The number of thiazole rings is 1. The Balaban J connectivity index is 1.78. The summed E-state index contributed by atoms with van der Waals surface area (Å²) in [5, 5.41) is 12.1. The normalized spacial score (nSPS) is 19.3. The summed E-state index contributed by atoms with van der Waals surface area (Å²) >= 11 is 1.64. The van der Waals surface area contributed by atoms with Crippen molar-refractivity contribution < 1.29 is 5.11 Å². The first-order chi connectivity index (χ1) is 9.78. The average Bonchev–Trinajstić information content (AvgIpc) is 2.97. The van der Waals surface area contributed by atoms with Crippen LogP contribution in [0.4, 0.5) is 5.13 Å². The summed E-state index contributed by atoms with van der Waals surface area (Å²) in [5.41, 5.74) is 3.63. The molecule has 1 fully saturated rings. The maximum absolute atomic E-state index is 9.14. The molecular formula is C16H20N2OS. The largest absolute Gasteiger partial charge is 0.390 e. The van der Waals surface area contributed by atoms with Gasteiger partial charge in [-0.25, -0.2) is 4.98 Å². The van der Waals surface area contributed by atoms with Gasteiger partial charge in [-0.1, -0.05) is 24.3 Å². The van der Waals surface area contributed by atoms with Crippen LogP contribution < -0.4 is 4.90 Å². The number of aromatic nitrogens is 1. The molecule has 1 aliphatic rings. The van der Waals surface area contributed by atoms with Gasteiger partial charge in [-0.05, 0) is 30.9 Å². The number of nitrogens with zero attached hydrogens (tertiary/aromatic N) is 2. The zero-order valence-corrected chi connectivity index (χ0v) is 12.6. The average molecular weight is 288 g/mol. The molecule has 1 atom stereocenters. The monoisotopic (exact) mass is 288 g/mol. The molecule has 0 bridgehead atoms. The summed E-state index contributed by atoms with van der Waals surface area (Å²) in [7, 11) is 0. The van der Waals surface area contributed by atoms with E-state index in [1.165, 1.54) is 24.0 Å². The first kappa shape index (κ1) is 13.6. The quantitative estimate of drug-likeness (QED) is 0.941. The fraction of sp³-hybridized carbons (Fsp3) is 0.438. The van der Waals surface area contributed by atoms with Gasteiger partial charge in [0.05, 0.1) is 12.3 Å². The predicted molar refractivity (Wildman–Crippen MR) is 83.4 cm³/mol. The Bertz CT molecular complexity index is 581. The molecule has 0 amide bonds. The molecule has 0 radical (unpaired) electrons. The molecule has 1 aromatic heterocycles. The maximum Gasteiger partial charge on any atom is 0.185 e. The van der Waals surface area contributed by atoms with Crippen molar-refractivity contribution in [2.75, 3.05) is 18.0 Å².